The van der Waals surface area contributed by atoms with Gasteiger partial charge in [-0.05, 0) is 31.2 Å². The van der Waals surface area contributed by atoms with Crippen molar-refractivity contribution in [2.75, 3.05) is 24.6 Å². The van der Waals surface area contributed by atoms with Crippen LogP contribution in [0.2, 0.25) is 0 Å². The molecule has 19 heavy (non-hydrogen) atoms. The molecule has 0 saturated carbocycles. The number of nitrogens with one attached hydrogen (secondary N) is 1. The van der Waals surface area contributed by atoms with Crippen LogP contribution in [0.1, 0.15) is 23.7 Å². The maximum Gasteiger partial charge on any atom is 0.251 e. The number of nitrogens with zero attached hydrogens (tertiary/aromatic N) is 1. The highest BCUT2D eigenvalue weighted by molar-refractivity contribution is 5.97. The van der Waals surface area contributed by atoms with Crippen molar-refractivity contribution in [3.63, 3.8) is 0 Å². The van der Waals surface area contributed by atoms with Gasteiger partial charge < -0.3 is 15.3 Å². The van der Waals surface area contributed by atoms with Crippen molar-refractivity contribution in [2.45, 2.75) is 13.3 Å². The number of aliphatic hydroxyl groups excluding tert-OH is 1. The van der Waals surface area contributed by atoms with Gasteiger partial charge in [-0.2, -0.15) is 0 Å². The third-order valence-corrected chi connectivity index (χ3v) is 3.24. The molecule has 1 unspecified atom stereocenters. The lowest BCUT2D eigenvalue weighted by Crippen LogP contribution is -2.25. The molecule has 0 spiro atoms. The van der Waals surface area contributed by atoms with E-state index < -0.39 is 0 Å². The second kappa shape index (κ2) is 5.84. The van der Waals surface area contributed by atoms with Gasteiger partial charge in [-0.25, -0.2) is 0 Å². The maximum atomic E-state index is 11.8. The number of hydrogen-bond donors (Lipinski definition) is 2. The van der Waals surface area contributed by atoms with Crippen LogP contribution in [0.25, 0.3) is 0 Å². The van der Waals surface area contributed by atoms with E-state index in [1.807, 2.05) is 6.92 Å². The molecule has 5 heteroatoms. The number of rotatable bonds is 4. The van der Waals surface area contributed by atoms with E-state index in [-0.39, 0.29) is 24.3 Å². The first-order valence-corrected chi connectivity index (χ1v) is 6.45. The number of hydrogen-bond acceptors (Lipinski definition) is 3. The van der Waals surface area contributed by atoms with Crippen molar-refractivity contribution in [3.8, 4) is 0 Å². The summed E-state index contributed by atoms with van der Waals surface area (Å²) < 4.78 is 0. The van der Waals surface area contributed by atoms with E-state index in [1.54, 1.807) is 29.2 Å². The predicted octanol–water partition coefficient (Wildman–Crippen LogP) is 0.781. The molecule has 1 heterocycles. The van der Waals surface area contributed by atoms with Crippen LogP contribution in [0.4, 0.5) is 5.69 Å². The van der Waals surface area contributed by atoms with Gasteiger partial charge in [0.2, 0.25) is 5.91 Å². The summed E-state index contributed by atoms with van der Waals surface area (Å²) in [7, 11) is 0. The summed E-state index contributed by atoms with van der Waals surface area (Å²) >= 11 is 0. The fourth-order valence-corrected chi connectivity index (χ4v) is 2.21. The third kappa shape index (κ3) is 2.93. The highest BCUT2D eigenvalue weighted by Gasteiger charge is 2.29. The minimum absolute atomic E-state index is 0.00978. The zero-order valence-electron chi connectivity index (χ0n) is 10.9. The van der Waals surface area contributed by atoms with Gasteiger partial charge in [0.1, 0.15) is 0 Å². The Balaban J connectivity index is 2.10. The standard InChI is InChI=1S/C14H18N2O3/c1-2-15-14(19)11-3-5-12(6-4-11)16-8-10(9-17)7-13(16)18/h3-6,10,17H,2,7-9H2,1H3,(H,15,19). The Morgan fingerprint density at radius 2 is 2.11 bits per heavy atom. The Hall–Kier alpha value is -1.88. The summed E-state index contributed by atoms with van der Waals surface area (Å²) in [6.45, 7) is 3.02. The minimum Gasteiger partial charge on any atom is -0.396 e. The van der Waals surface area contributed by atoms with E-state index in [1.165, 1.54) is 0 Å². The molecule has 1 atom stereocenters. The molecule has 1 aromatic rings. The van der Waals surface area contributed by atoms with Gasteiger partial charge in [0, 0.05) is 43.3 Å². The van der Waals surface area contributed by atoms with E-state index in [4.69, 9.17) is 5.11 Å². The monoisotopic (exact) mass is 262 g/mol. The molecule has 2 N–H and O–H groups in total. The Morgan fingerprint density at radius 3 is 2.63 bits per heavy atom. The van der Waals surface area contributed by atoms with Crippen LogP contribution in [0, 0.1) is 5.92 Å². The smallest absolute Gasteiger partial charge is 0.251 e. The molecule has 1 aliphatic rings. The quantitative estimate of drug-likeness (QED) is 0.842. The Labute approximate surface area is 112 Å². The first-order chi connectivity index (χ1) is 9.15. The molecule has 2 rings (SSSR count). The Kier molecular flexibility index (Phi) is 4.16. The molecule has 1 aromatic carbocycles. The molecule has 102 valence electrons. The summed E-state index contributed by atoms with van der Waals surface area (Å²) in [5, 5.41) is 11.8. The lowest BCUT2D eigenvalue weighted by atomic mass is 10.1. The Bertz CT molecular complexity index is 470. The lowest BCUT2D eigenvalue weighted by Gasteiger charge is -2.16. The highest BCUT2D eigenvalue weighted by atomic mass is 16.3. The summed E-state index contributed by atoms with van der Waals surface area (Å²) in [6.07, 6.45) is 0.384. The van der Waals surface area contributed by atoms with Crippen molar-refractivity contribution in [3.05, 3.63) is 29.8 Å². The van der Waals surface area contributed by atoms with E-state index in [2.05, 4.69) is 5.32 Å². The number of benzene rings is 1. The summed E-state index contributed by atoms with van der Waals surface area (Å²) in [6, 6.07) is 6.95. The van der Waals surface area contributed by atoms with Crippen LogP contribution in [-0.4, -0.2) is 36.6 Å². The van der Waals surface area contributed by atoms with Crippen LogP contribution in [0.3, 0.4) is 0 Å². The average molecular weight is 262 g/mol. The van der Waals surface area contributed by atoms with Crippen molar-refractivity contribution in [1.82, 2.24) is 5.32 Å². The summed E-state index contributed by atoms with van der Waals surface area (Å²) in [5.41, 5.74) is 1.35. The van der Waals surface area contributed by atoms with Crippen molar-refractivity contribution < 1.29 is 14.7 Å². The first kappa shape index (κ1) is 13.5. The topological polar surface area (TPSA) is 69.6 Å². The Morgan fingerprint density at radius 1 is 1.42 bits per heavy atom. The summed E-state index contributed by atoms with van der Waals surface area (Å²) in [4.78, 5) is 25.1. The number of carbonyl (C=O) groups is 2. The molecule has 2 amide bonds. The summed E-state index contributed by atoms with van der Waals surface area (Å²) in [5.74, 6) is -0.0876. The van der Waals surface area contributed by atoms with Gasteiger partial charge in [0.15, 0.2) is 0 Å². The van der Waals surface area contributed by atoms with Crippen LogP contribution < -0.4 is 10.2 Å². The minimum atomic E-state index is -0.116. The van der Waals surface area contributed by atoms with Crippen LogP contribution >= 0.6 is 0 Å². The second-order valence-electron chi connectivity index (χ2n) is 4.66. The van der Waals surface area contributed by atoms with E-state index in [0.717, 1.165) is 5.69 Å². The lowest BCUT2D eigenvalue weighted by molar-refractivity contribution is -0.117. The fourth-order valence-electron chi connectivity index (χ4n) is 2.21. The van der Waals surface area contributed by atoms with Gasteiger partial charge in [-0.15, -0.1) is 0 Å². The molecule has 1 aliphatic heterocycles. The van der Waals surface area contributed by atoms with Crippen molar-refractivity contribution >= 4 is 17.5 Å². The largest absolute Gasteiger partial charge is 0.396 e. The highest BCUT2D eigenvalue weighted by Crippen LogP contribution is 2.24. The fraction of sp³-hybridized carbons (Fsp3) is 0.429. The van der Waals surface area contributed by atoms with Crippen molar-refractivity contribution in [1.29, 1.82) is 0 Å². The molecule has 0 aliphatic carbocycles. The van der Waals surface area contributed by atoms with Gasteiger partial charge in [0.05, 0.1) is 0 Å². The maximum absolute atomic E-state index is 11.8. The normalized spacial score (nSPS) is 18.7. The first-order valence-electron chi connectivity index (χ1n) is 6.45. The van der Waals surface area contributed by atoms with Gasteiger partial charge in [-0.3, -0.25) is 9.59 Å². The van der Waals surface area contributed by atoms with E-state index in [0.29, 0.717) is 25.1 Å². The second-order valence-corrected chi connectivity index (χ2v) is 4.66. The predicted molar refractivity (Wildman–Crippen MR) is 72.0 cm³/mol. The zero-order valence-corrected chi connectivity index (χ0v) is 10.9. The van der Waals surface area contributed by atoms with Gasteiger partial charge in [0.25, 0.3) is 5.91 Å². The number of aliphatic hydroxyl groups is 1. The van der Waals surface area contributed by atoms with Gasteiger partial charge >= 0.3 is 0 Å². The van der Waals surface area contributed by atoms with Crippen molar-refractivity contribution in [2.24, 2.45) is 5.92 Å². The van der Waals surface area contributed by atoms with Crippen LogP contribution in [-0.2, 0) is 4.79 Å². The van der Waals surface area contributed by atoms with E-state index in [9.17, 15) is 9.59 Å². The molecular formula is C14H18N2O3. The third-order valence-electron chi connectivity index (χ3n) is 3.24. The van der Waals surface area contributed by atoms with E-state index >= 15 is 0 Å². The average Bonchev–Trinajstić information content (AvgIpc) is 2.80. The van der Waals surface area contributed by atoms with Crippen LogP contribution in [0.15, 0.2) is 24.3 Å². The molecule has 5 nitrogen and oxygen atoms in total. The van der Waals surface area contributed by atoms with Crippen LogP contribution in [0.5, 0.6) is 0 Å². The number of anilines is 1. The molecule has 1 fully saturated rings. The number of carbonyl (C=O) groups excluding carboxylic acids is 2. The molecule has 1 saturated heterocycles. The van der Waals surface area contributed by atoms with Gasteiger partial charge in [-0.1, -0.05) is 0 Å². The zero-order chi connectivity index (χ0) is 13.8. The molecule has 0 bridgehead atoms. The molecule has 0 aromatic heterocycles. The molecular weight excluding hydrogens is 244 g/mol. The molecule has 0 radical (unpaired) electrons. The number of amides is 2. The SMILES string of the molecule is CCNC(=O)c1ccc(N2CC(CO)CC2=O)cc1.